The van der Waals surface area contributed by atoms with Gasteiger partial charge in [0.2, 0.25) is 0 Å². The monoisotopic (exact) mass is 515 g/mol. The topological polar surface area (TPSA) is 101 Å². The third-order valence-corrected chi connectivity index (χ3v) is 6.37. The maximum Gasteiger partial charge on any atom is 0.407 e. The Labute approximate surface area is 222 Å². The number of hydrogen-bond donors (Lipinski definition) is 1. The number of nitrogens with one attached hydrogen (secondary N) is 1. The van der Waals surface area contributed by atoms with Crippen LogP contribution in [0.5, 0.6) is 0 Å². The van der Waals surface area contributed by atoms with Gasteiger partial charge in [-0.3, -0.25) is 9.63 Å². The van der Waals surface area contributed by atoms with Crippen molar-refractivity contribution in [3.05, 3.63) is 35.9 Å². The molecule has 37 heavy (non-hydrogen) atoms. The van der Waals surface area contributed by atoms with Gasteiger partial charge in [-0.05, 0) is 87.1 Å². The van der Waals surface area contributed by atoms with E-state index in [9.17, 15) is 14.9 Å². The van der Waals surface area contributed by atoms with Crippen molar-refractivity contribution < 1.29 is 23.9 Å². The van der Waals surface area contributed by atoms with Crippen molar-refractivity contribution >= 4 is 12.1 Å². The highest BCUT2D eigenvalue weighted by Gasteiger charge is 2.48. The molecule has 1 unspecified atom stereocenters. The maximum atomic E-state index is 12.5. The van der Waals surface area contributed by atoms with Gasteiger partial charge < -0.3 is 14.8 Å². The summed E-state index contributed by atoms with van der Waals surface area (Å²) in [7, 11) is 0. The summed E-state index contributed by atoms with van der Waals surface area (Å²) in [6, 6.07) is 11.8. The van der Waals surface area contributed by atoms with Crippen LogP contribution in [0.4, 0.5) is 4.79 Å². The van der Waals surface area contributed by atoms with Crippen LogP contribution in [-0.2, 0) is 19.1 Å². The van der Waals surface area contributed by atoms with Crippen LogP contribution in [-0.4, -0.2) is 46.5 Å². The van der Waals surface area contributed by atoms with E-state index in [1.54, 1.807) is 0 Å². The van der Waals surface area contributed by atoms with Gasteiger partial charge in [0.15, 0.2) is 0 Å². The first-order valence-electron chi connectivity index (χ1n) is 13.0. The van der Waals surface area contributed by atoms with Gasteiger partial charge in [0.25, 0.3) is 0 Å². The van der Waals surface area contributed by atoms with Crippen molar-refractivity contribution in [3.63, 3.8) is 0 Å². The number of carbonyl (C=O) groups excluding carboxylic acids is 2. The molecule has 1 fully saturated rings. The number of nitrogens with zero attached hydrogens (tertiary/aromatic N) is 2. The van der Waals surface area contributed by atoms with Crippen molar-refractivity contribution in [3.8, 4) is 6.07 Å². The fourth-order valence-corrected chi connectivity index (χ4v) is 4.82. The van der Waals surface area contributed by atoms with E-state index < -0.39 is 34.3 Å². The highest BCUT2D eigenvalue weighted by atomic mass is 16.7. The van der Waals surface area contributed by atoms with Gasteiger partial charge in [0, 0.05) is 23.5 Å². The van der Waals surface area contributed by atoms with E-state index in [2.05, 4.69) is 39.1 Å². The molecule has 2 rings (SSSR count). The van der Waals surface area contributed by atoms with Gasteiger partial charge in [0.05, 0.1) is 11.5 Å². The number of benzene rings is 1. The third-order valence-electron chi connectivity index (χ3n) is 6.37. The quantitative estimate of drug-likeness (QED) is 0.398. The van der Waals surface area contributed by atoms with Crippen LogP contribution < -0.4 is 5.32 Å². The largest absolute Gasteiger partial charge is 0.462 e. The Morgan fingerprint density at radius 3 is 2.16 bits per heavy atom. The molecule has 0 aromatic heterocycles. The van der Waals surface area contributed by atoms with Crippen LogP contribution in [0.3, 0.4) is 0 Å². The fraction of sp³-hybridized carbons (Fsp3) is 0.690. The number of hydrogen-bond acceptors (Lipinski definition) is 7. The Kier molecular flexibility index (Phi) is 9.78. The van der Waals surface area contributed by atoms with Crippen molar-refractivity contribution in [2.24, 2.45) is 5.41 Å². The van der Waals surface area contributed by atoms with Crippen molar-refractivity contribution in [1.29, 1.82) is 5.26 Å². The van der Waals surface area contributed by atoms with Gasteiger partial charge in [-0.25, -0.2) is 4.79 Å². The summed E-state index contributed by atoms with van der Waals surface area (Å²) in [5.41, 5.74) is -1.12. The fourth-order valence-electron chi connectivity index (χ4n) is 4.82. The van der Waals surface area contributed by atoms with Crippen LogP contribution in [0.15, 0.2) is 30.3 Å². The SMILES string of the molecule is CC(C)(C#N)CCC(=O)OCC(ON1C(C)(C)CC(NC(=O)OC(C)(C)C)CC1(C)C)c1ccccc1. The van der Waals surface area contributed by atoms with E-state index in [1.807, 2.05) is 70.0 Å². The average molecular weight is 516 g/mol. The molecule has 1 aromatic carbocycles. The van der Waals surface area contributed by atoms with E-state index in [0.717, 1.165) is 5.56 Å². The Morgan fingerprint density at radius 2 is 1.65 bits per heavy atom. The minimum Gasteiger partial charge on any atom is -0.462 e. The number of piperidine rings is 1. The number of ether oxygens (including phenoxy) is 2. The van der Waals surface area contributed by atoms with E-state index in [-0.39, 0.29) is 25.0 Å². The lowest BCUT2D eigenvalue weighted by atomic mass is 9.79. The molecule has 8 heteroatoms. The first kappa shape index (κ1) is 30.6. The zero-order chi connectivity index (χ0) is 28.1. The molecule has 1 aliphatic rings. The molecule has 206 valence electrons. The van der Waals surface area contributed by atoms with Crippen LogP contribution in [0.25, 0.3) is 0 Å². The summed E-state index contributed by atoms with van der Waals surface area (Å²) < 4.78 is 11.1. The molecule has 1 heterocycles. The number of nitriles is 1. The molecule has 8 nitrogen and oxygen atoms in total. The maximum absolute atomic E-state index is 12.5. The highest BCUT2D eigenvalue weighted by Crippen LogP contribution is 2.41. The van der Waals surface area contributed by atoms with Crippen LogP contribution in [0, 0.1) is 16.7 Å². The van der Waals surface area contributed by atoms with E-state index in [1.165, 1.54) is 0 Å². The molecule has 1 atom stereocenters. The lowest BCUT2D eigenvalue weighted by molar-refractivity contribution is -0.314. The molecule has 1 aromatic rings. The predicted molar refractivity (Wildman–Crippen MR) is 142 cm³/mol. The lowest BCUT2D eigenvalue weighted by Gasteiger charge is -2.54. The summed E-state index contributed by atoms with van der Waals surface area (Å²) in [6.07, 6.45) is 0.966. The lowest BCUT2D eigenvalue weighted by Crippen LogP contribution is -2.64. The van der Waals surface area contributed by atoms with E-state index in [0.29, 0.717) is 19.3 Å². The van der Waals surface area contributed by atoms with Crippen molar-refractivity contribution in [1.82, 2.24) is 10.4 Å². The summed E-state index contributed by atoms with van der Waals surface area (Å²) in [4.78, 5) is 31.5. The van der Waals surface area contributed by atoms with Crippen LogP contribution >= 0.6 is 0 Å². The number of amides is 1. The zero-order valence-electron chi connectivity index (χ0n) is 24.0. The molecule has 1 saturated heterocycles. The molecule has 1 amide bonds. The van der Waals surface area contributed by atoms with Gasteiger partial charge in [-0.1, -0.05) is 30.3 Å². The van der Waals surface area contributed by atoms with Gasteiger partial charge >= 0.3 is 12.1 Å². The molecular weight excluding hydrogens is 470 g/mol. The minimum absolute atomic E-state index is 0.0536. The average Bonchev–Trinajstić information content (AvgIpc) is 2.75. The molecule has 0 spiro atoms. The second-order valence-corrected chi connectivity index (χ2v) is 12.9. The van der Waals surface area contributed by atoms with Gasteiger partial charge in [0.1, 0.15) is 18.3 Å². The van der Waals surface area contributed by atoms with Gasteiger partial charge in [-0.15, -0.1) is 0 Å². The molecule has 0 aliphatic carbocycles. The van der Waals surface area contributed by atoms with E-state index in [4.69, 9.17) is 14.3 Å². The second kappa shape index (κ2) is 11.8. The molecule has 0 saturated carbocycles. The number of alkyl carbamates (subject to hydrolysis) is 1. The number of hydroxylamine groups is 2. The van der Waals surface area contributed by atoms with Crippen LogP contribution in [0.1, 0.15) is 99.7 Å². The number of esters is 1. The van der Waals surface area contributed by atoms with Crippen molar-refractivity contribution in [2.45, 2.75) is 117 Å². The van der Waals surface area contributed by atoms with Crippen molar-refractivity contribution in [2.75, 3.05) is 6.61 Å². The summed E-state index contributed by atoms with van der Waals surface area (Å²) >= 11 is 0. The van der Waals surface area contributed by atoms with Gasteiger partial charge in [-0.2, -0.15) is 10.3 Å². The number of carbonyl (C=O) groups is 2. The standard InChI is InChI=1S/C29H45N3O5/c1-26(2,3)36-25(34)31-22-17-28(6,7)32(29(8,9)18-22)37-23(21-13-11-10-12-14-21)19-35-24(33)15-16-27(4,5)20-30/h10-14,22-23H,15-19H2,1-9H3,(H,31,34). The molecule has 1 N–H and O–H groups in total. The Morgan fingerprint density at radius 1 is 1.08 bits per heavy atom. The molecule has 1 aliphatic heterocycles. The number of rotatable bonds is 9. The predicted octanol–water partition coefficient (Wildman–Crippen LogP) is 6.08. The Balaban J connectivity index is 2.14. The Hall–Kier alpha value is -2.63. The molecule has 0 bridgehead atoms. The first-order chi connectivity index (χ1) is 16.9. The summed E-state index contributed by atoms with van der Waals surface area (Å²) in [5, 5.41) is 14.2. The second-order valence-electron chi connectivity index (χ2n) is 12.9. The minimum atomic E-state index is -0.583. The smallest absolute Gasteiger partial charge is 0.407 e. The van der Waals surface area contributed by atoms with E-state index >= 15 is 0 Å². The van der Waals surface area contributed by atoms with Crippen LogP contribution in [0.2, 0.25) is 0 Å². The molecule has 0 radical (unpaired) electrons. The third kappa shape index (κ3) is 9.64. The normalized spacial score (nSPS) is 18.9. The zero-order valence-corrected chi connectivity index (χ0v) is 24.0. The summed E-state index contributed by atoms with van der Waals surface area (Å²) in [5.74, 6) is -0.355. The molecular formula is C29H45N3O5. The first-order valence-corrected chi connectivity index (χ1v) is 13.0. The summed E-state index contributed by atoms with van der Waals surface area (Å²) in [6.45, 7) is 17.5. The Bertz CT molecular complexity index is 942. The highest BCUT2D eigenvalue weighted by molar-refractivity contribution is 5.69.